The Morgan fingerprint density at radius 3 is 0.782 bits per heavy atom. The van der Waals surface area contributed by atoms with E-state index in [0.717, 1.165) is 124 Å². The van der Waals surface area contributed by atoms with Crippen molar-refractivity contribution in [3.05, 3.63) is 558 Å². The van der Waals surface area contributed by atoms with E-state index in [1.54, 1.807) is 0 Å². The van der Waals surface area contributed by atoms with E-state index in [4.69, 9.17) is 4.42 Å². The third-order valence-corrected chi connectivity index (χ3v) is 28.8. The lowest BCUT2D eigenvalue weighted by Crippen LogP contribution is -2.14. The third kappa shape index (κ3) is 16.6. The van der Waals surface area contributed by atoms with Crippen LogP contribution in [0.15, 0.2) is 563 Å². The van der Waals surface area contributed by atoms with Crippen molar-refractivity contribution in [2.24, 2.45) is 0 Å². The summed E-state index contributed by atoms with van der Waals surface area (Å²) in [7, 11) is 0. The minimum Gasteiger partial charge on any atom is -0.456 e. The summed E-state index contributed by atoms with van der Waals surface area (Å²) in [5, 5.41) is 14.5. The van der Waals surface area contributed by atoms with Crippen LogP contribution in [0, 0.1) is 0 Å². The maximum absolute atomic E-state index is 6.60. The fourth-order valence-corrected chi connectivity index (χ4v) is 21.9. The van der Waals surface area contributed by atoms with E-state index in [9.17, 15) is 0 Å². The molecule has 0 bridgehead atoms. The number of thiophene rings is 1. The number of rotatable bonds is 20. The minimum absolute atomic E-state index is 0.838. The molecule has 0 unspecified atom stereocenters. The SMILES string of the molecule is c1ccc(-c2ccc(N(c3ccc(-c4ccccc4)cc3)c3cc(-c4cc5ccccc5c5ccccc45)cc(N(c4ccc(-c5ccccc5)cc4)c4ccc5c(c4)oc4ccccc45)c3)cc2)cc1.c1ccc(-c2ccc(N(c3ccc(-c4ccccc4)cc3)c3cc(-c4cc5ccccc5c5ccccc45)cc(N(c4ccc(-c5ccccc5)cc4)c4cccc5c4sc4ccccc45)c3)cc2)cc1. The molecule has 142 heavy (non-hydrogen) atoms. The average Bonchev–Trinajstić information content (AvgIpc) is 1.21. The Kier molecular flexibility index (Phi) is 22.5. The van der Waals surface area contributed by atoms with E-state index in [0.29, 0.717) is 0 Å². The van der Waals surface area contributed by atoms with Gasteiger partial charge in [0.05, 0.1) is 10.4 Å². The Bertz CT molecular complexity index is 8930. The Labute approximate surface area is 829 Å². The predicted molar refractivity (Wildman–Crippen MR) is 605 cm³/mol. The molecule has 0 N–H and O–H groups in total. The number of benzene rings is 24. The molecule has 2 aromatic heterocycles. The van der Waals surface area contributed by atoms with Crippen molar-refractivity contribution in [2.45, 2.75) is 0 Å². The number of fused-ring (bicyclic) bond motifs is 12. The van der Waals surface area contributed by atoms with Crippen LogP contribution in [0.4, 0.5) is 68.2 Å². The van der Waals surface area contributed by atoms with Gasteiger partial charge in [-0.2, -0.15) is 0 Å². The number of nitrogens with zero attached hydrogens (tertiary/aromatic N) is 4. The van der Waals surface area contributed by atoms with Crippen molar-refractivity contribution >= 4 is 165 Å². The van der Waals surface area contributed by atoms with Crippen molar-refractivity contribution in [3.8, 4) is 89.0 Å². The highest BCUT2D eigenvalue weighted by molar-refractivity contribution is 7.26. The third-order valence-electron chi connectivity index (χ3n) is 27.6. The molecule has 26 rings (SSSR count). The largest absolute Gasteiger partial charge is 0.456 e. The lowest BCUT2D eigenvalue weighted by Gasteiger charge is -2.31. The summed E-state index contributed by atoms with van der Waals surface area (Å²) < 4.78 is 9.12. The average molecular weight is 1830 g/mol. The summed E-state index contributed by atoms with van der Waals surface area (Å²) in [6.45, 7) is 0. The summed E-state index contributed by atoms with van der Waals surface area (Å²) >= 11 is 1.86. The van der Waals surface area contributed by atoms with Gasteiger partial charge in [-0.05, 0) is 284 Å². The Balaban J connectivity index is 0.000000149. The van der Waals surface area contributed by atoms with Crippen molar-refractivity contribution in [1.82, 2.24) is 0 Å². The molecule has 0 radical (unpaired) electrons. The van der Waals surface area contributed by atoms with Gasteiger partial charge >= 0.3 is 0 Å². The summed E-state index contributed by atoms with van der Waals surface area (Å²) in [4.78, 5) is 9.69. The molecule has 0 aliphatic carbocycles. The second-order valence-corrected chi connectivity index (χ2v) is 37.3. The van der Waals surface area contributed by atoms with Gasteiger partial charge in [0.1, 0.15) is 11.2 Å². The van der Waals surface area contributed by atoms with Crippen LogP contribution in [0.1, 0.15) is 0 Å². The number of furan rings is 1. The second-order valence-electron chi connectivity index (χ2n) is 36.2. The van der Waals surface area contributed by atoms with Crippen LogP contribution in [-0.2, 0) is 0 Å². The molecule has 24 aromatic carbocycles. The Hall–Kier alpha value is -18.5. The molecule has 0 atom stereocenters. The maximum atomic E-state index is 6.60. The minimum atomic E-state index is 0.838. The van der Waals surface area contributed by atoms with Crippen LogP contribution in [-0.4, -0.2) is 0 Å². The second kappa shape index (κ2) is 37.6. The first kappa shape index (κ1) is 85.2. The smallest absolute Gasteiger partial charge is 0.137 e. The van der Waals surface area contributed by atoms with Crippen molar-refractivity contribution in [3.63, 3.8) is 0 Å². The molecule has 5 nitrogen and oxygen atoms in total. The van der Waals surface area contributed by atoms with Gasteiger partial charge in [-0.3, -0.25) is 0 Å². The standard InChI is InChI=1S/C68H46N2O.C68H46N2S/c1-4-16-47(17-5-1)50-28-34-55(35-29-50)69(56-36-30-51(31-37-56)48-18-6-2-7-19-48)59-42-54(66-44-53-22-10-11-23-61(53)62-24-12-13-25-63(62)66)43-60(45-59)70(57-38-32-52(33-39-57)49-20-8-3-9-21-49)58-40-41-65-64-26-14-15-27-67(64)71-68(65)46-58;1-4-17-47(18-5-1)50-31-37-55(38-32-50)69(56-39-33-51(34-40-56)48-19-6-2-7-20-48)58-43-54(65-45-53-23-10-11-24-60(53)61-25-12-13-26-62(61)65)44-59(46-58)70(57-41-35-52(36-42-57)49-21-8-3-9-22-49)66-29-16-28-64-63-27-14-15-30-67(63)71-68(64)66/h2*1-46H. The quantitative estimate of drug-likeness (QED) is 0.0709. The highest BCUT2D eigenvalue weighted by Gasteiger charge is 2.27. The topological polar surface area (TPSA) is 26.1 Å². The molecule has 0 aliphatic heterocycles. The van der Waals surface area contributed by atoms with Crippen LogP contribution in [0.2, 0.25) is 0 Å². The molecular formula is C136H92N4OS. The highest BCUT2D eigenvalue weighted by Crippen LogP contribution is 2.53. The lowest BCUT2D eigenvalue weighted by molar-refractivity contribution is 0.669. The van der Waals surface area contributed by atoms with Crippen molar-refractivity contribution < 1.29 is 4.42 Å². The number of hydrogen-bond acceptors (Lipinski definition) is 6. The molecule has 6 heteroatoms. The van der Waals surface area contributed by atoms with Crippen LogP contribution in [0.3, 0.4) is 0 Å². The van der Waals surface area contributed by atoms with E-state index >= 15 is 0 Å². The summed E-state index contributed by atoms with van der Waals surface area (Å²) in [5.74, 6) is 0. The fourth-order valence-electron chi connectivity index (χ4n) is 20.7. The van der Waals surface area contributed by atoms with Gasteiger partial charge < -0.3 is 24.0 Å². The van der Waals surface area contributed by atoms with Gasteiger partial charge in [0.15, 0.2) is 0 Å². The molecule has 0 aliphatic rings. The fraction of sp³-hybridized carbons (Fsp3) is 0. The van der Waals surface area contributed by atoms with E-state index in [1.165, 1.54) is 119 Å². The maximum Gasteiger partial charge on any atom is 0.137 e. The van der Waals surface area contributed by atoms with E-state index in [2.05, 4.69) is 566 Å². The summed E-state index contributed by atoms with van der Waals surface area (Å²) in [6, 6.07) is 203. The monoisotopic (exact) mass is 1830 g/mol. The Morgan fingerprint density at radius 2 is 0.408 bits per heavy atom. The van der Waals surface area contributed by atoms with Crippen LogP contribution < -0.4 is 19.6 Å². The normalized spacial score (nSPS) is 11.4. The van der Waals surface area contributed by atoms with Gasteiger partial charge in [-0.15, -0.1) is 11.3 Å². The number of anilines is 12. The van der Waals surface area contributed by atoms with Gasteiger partial charge in [-0.1, -0.05) is 400 Å². The van der Waals surface area contributed by atoms with Crippen LogP contribution in [0.25, 0.3) is 174 Å². The lowest BCUT2D eigenvalue weighted by atomic mass is 9.92. The molecule has 0 fully saturated rings. The zero-order valence-electron chi connectivity index (χ0n) is 77.7. The first-order chi connectivity index (χ1) is 70.4. The van der Waals surface area contributed by atoms with Gasteiger partial charge in [0.25, 0.3) is 0 Å². The Morgan fingerprint density at radius 1 is 0.141 bits per heavy atom. The van der Waals surface area contributed by atoms with E-state index < -0.39 is 0 Å². The van der Waals surface area contributed by atoms with E-state index in [-0.39, 0.29) is 0 Å². The summed E-state index contributed by atoms with van der Waals surface area (Å²) in [5.41, 5.74) is 33.0. The zero-order chi connectivity index (χ0) is 94.2. The first-order valence-electron chi connectivity index (χ1n) is 48.5. The van der Waals surface area contributed by atoms with Crippen molar-refractivity contribution in [1.29, 1.82) is 0 Å². The summed E-state index contributed by atoms with van der Waals surface area (Å²) in [6.07, 6.45) is 0. The molecule has 2 heterocycles. The molecule has 0 saturated heterocycles. The van der Waals surface area contributed by atoms with Gasteiger partial charge in [-0.25, -0.2) is 0 Å². The molecule has 0 saturated carbocycles. The van der Waals surface area contributed by atoms with Gasteiger partial charge in [0, 0.05) is 94.9 Å². The zero-order valence-corrected chi connectivity index (χ0v) is 78.5. The molecule has 26 aromatic rings. The molecule has 0 spiro atoms. The molecule has 0 amide bonds. The van der Waals surface area contributed by atoms with Gasteiger partial charge in [0.2, 0.25) is 0 Å². The number of para-hydroxylation sites is 1. The number of hydrogen-bond donors (Lipinski definition) is 0. The van der Waals surface area contributed by atoms with Crippen LogP contribution >= 0.6 is 11.3 Å². The highest BCUT2D eigenvalue weighted by atomic mass is 32.1. The predicted octanol–water partition coefficient (Wildman–Crippen LogP) is 39.5. The van der Waals surface area contributed by atoms with E-state index in [1.807, 2.05) is 23.5 Å². The molecular weight excluding hydrogens is 1740 g/mol. The van der Waals surface area contributed by atoms with Crippen LogP contribution in [0.5, 0.6) is 0 Å². The molecule has 668 valence electrons. The first-order valence-corrected chi connectivity index (χ1v) is 49.3. The van der Waals surface area contributed by atoms with Crippen molar-refractivity contribution in [2.75, 3.05) is 19.6 Å².